The first-order chi connectivity index (χ1) is 9.95. The third-order valence-electron chi connectivity index (χ3n) is 3.93. The van der Waals surface area contributed by atoms with E-state index >= 15 is 0 Å². The molecule has 0 unspecified atom stereocenters. The molecule has 0 aromatic carbocycles. The lowest BCUT2D eigenvalue weighted by Gasteiger charge is -2.41. The van der Waals surface area contributed by atoms with Gasteiger partial charge in [-0.25, -0.2) is 0 Å². The molecule has 1 fully saturated rings. The van der Waals surface area contributed by atoms with Crippen molar-refractivity contribution >= 4 is 11.8 Å². The van der Waals surface area contributed by atoms with E-state index in [1.807, 2.05) is 12.1 Å². The van der Waals surface area contributed by atoms with Crippen LogP contribution in [0.1, 0.15) is 25.4 Å². The summed E-state index contributed by atoms with van der Waals surface area (Å²) in [4.78, 5) is 4.79. The molecule has 6 heteroatoms. The third-order valence-corrected chi connectivity index (χ3v) is 4.64. The van der Waals surface area contributed by atoms with Crippen molar-refractivity contribution in [3.05, 3.63) is 23.7 Å². The lowest BCUT2D eigenvalue weighted by molar-refractivity contribution is 0.0518. The standard InChI is InChI=1S/C15H24F2N2OS/c1-11(2)14-9-18(3)6-7-19(14)8-12-4-5-13(20-12)10-21-15(16)17/h4-5,11,14-15H,6-10H2,1-3H3/t14-/m1/s1. The lowest BCUT2D eigenvalue weighted by atomic mass is 9.99. The van der Waals surface area contributed by atoms with Crippen LogP contribution in [0, 0.1) is 5.92 Å². The molecule has 3 nitrogen and oxygen atoms in total. The molecule has 1 aromatic rings. The Balaban J connectivity index is 1.93. The first-order valence-corrected chi connectivity index (χ1v) is 8.40. The molecule has 1 aliphatic heterocycles. The van der Waals surface area contributed by atoms with Gasteiger partial charge in [-0.05, 0) is 25.1 Å². The van der Waals surface area contributed by atoms with Gasteiger partial charge in [-0.2, -0.15) is 8.78 Å². The number of piperazine rings is 1. The number of halogens is 2. The van der Waals surface area contributed by atoms with Gasteiger partial charge in [0.05, 0.1) is 12.3 Å². The van der Waals surface area contributed by atoms with Crippen molar-refractivity contribution in [2.45, 2.75) is 37.9 Å². The van der Waals surface area contributed by atoms with Crippen molar-refractivity contribution in [2.75, 3.05) is 26.7 Å². The lowest BCUT2D eigenvalue weighted by Crippen LogP contribution is -2.53. The fraction of sp³-hybridized carbons (Fsp3) is 0.733. The molecule has 0 saturated carbocycles. The Morgan fingerprint density at radius 2 is 2.00 bits per heavy atom. The van der Waals surface area contributed by atoms with Gasteiger partial charge >= 0.3 is 0 Å². The summed E-state index contributed by atoms with van der Waals surface area (Å²) in [6.45, 7) is 8.37. The second-order valence-electron chi connectivity index (χ2n) is 5.98. The predicted molar refractivity (Wildman–Crippen MR) is 82.5 cm³/mol. The molecule has 2 heterocycles. The van der Waals surface area contributed by atoms with E-state index in [4.69, 9.17) is 4.42 Å². The van der Waals surface area contributed by atoms with Gasteiger partial charge in [0.15, 0.2) is 0 Å². The molecule has 0 spiro atoms. The first-order valence-electron chi connectivity index (χ1n) is 7.35. The van der Waals surface area contributed by atoms with Crippen molar-refractivity contribution in [1.29, 1.82) is 0 Å². The summed E-state index contributed by atoms with van der Waals surface area (Å²) in [7, 11) is 2.15. The summed E-state index contributed by atoms with van der Waals surface area (Å²) in [5, 5.41) is 0. The van der Waals surface area contributed by atoms with Crippen LogP contribution in [0.15, 0.2) is 16.5 Å². The van der Waals surface area contributed by atoms with Gasteiger partial charge in [0.25, 0.3) is 5.76 Å². The zero-order valence-corrected chi connectivity index (χ0v) is 13.7. The number of hydrogen-bond acceptors (Lipinski definition) is 4. The minimum Gasteiger partial charge on any atom is -0.464 e. The van der Waals surface area contributed by atoms with E-state index < -0.39 is 5.76 Å². The molecular weight excluding hydrogens is 294 g/mol. The fourth-order valence-corrected chi connectivity index (χ4v) is 3.20. The van der Waals surface area contributed by atoms with Crippen LogP contribution in [0.25, 0.3) is 0 Å². The highest BCUT2D eigenvalue weighted by Gasteiger charge is 2.28. The Morgan fingerprint density at radius 1 is 1.29 bits per heavy atom. The number of nitrogens with zero attached hydrogens (tertiary/aromatic N) is 2. The molecular formula is C15H24F2N2OS. The van der Waals surface area contributed by atoms with Crippen LogP contribution < -0.4 is 0 Å². The first kappa shape index (κ1) is 16.8. The summed E-state index contributed by atoms with van der Waals surface area (Å²) in [5.41, 5.74) is 0. The molecule has 0 radical (unpaired) electrons. The van der Waals surface area contributed by atoms with Crippen molar-refractivity contribution in [3.8, 4) is 0 Å². The number of hydrogen-bond donors (Lipinski definition) is 0. The van der Waals surface area contributed by atoms with E-state index in [2.05, 4.69) is 30.7 Å². The highest BCUT2D eigenvalue weighted by molar-refractivity contribution is 7.98. The Kier molecular flexibility index (Phi) is 6.08. The maximum absolute atomic E-state index is 12.2. The zero-order valence-electron chi connectivity index (χ0n) is 12.9. The molecule has 1 atom stereocenters. The Labute approximate surface area is 129 Å². The van der Waals surface area contributed by atoms with Crippen molar-refractivity contribution < 1.29 is 13.2 Å². The molecule has 0 N–H and O–H groups in total. The van der Waals surface area contributed by atoms with E-state index in [0.717, 1.165) is 31.9 Å². The zero-order chi connectivity index (χ0) is 15.4. The molecule has 1 aromatic heterocycles. The third kappa shape index (κ3) is 4.97. The summed E-state index contributed by atoms with van der Waals surface area (Å²) >= 11 is 0.602. The molecule has 0 bridgehead atoms. The molecule has 1 saturated heterocycles. The average molecular weight is 318 g/mol. The normalized spacial score (nSPS) is 21.6. The largest absolute Gasteiger partial charge is 0.464 e. The molecule has 0 aliphatic carbocycles. The Bertz CT molecular complexity index is 439. The molecule has 21 heavy (non-hydrogen) atoms. The van der Waals surface area contributed by atoms with Crippen LogP contribution in [-0.4, -0.2) is 48.3 Å². The molecule has 0 amide bonds. The van der Waals surface area contributed by atoms with Gasteiger partial charge < -0.3 is 9.32 Å². The number of thioether (sulfide) groups is 1. The van der Waals surface area contributed by atoms with E-state index in [9.17, 15) is 8.78 Å². The summed E-state index contributed by atoms with van der Waals surface area (Å²) in [6.07, 6.45) is 0. The van der Waals surface area contributed by atoms with Gasteiger partial charge in [0, 0.05) is 25.7 Å². The summed E-state index contributed by atoms with van der Waals surface area (Å²) in [6, 6.07) is 4.23. The van der Waals surface area contributed by atoms with Gasteiger partial charge in [0.1, 0.15) is 11.5 Å². The minimum absolute atomic E-state index is 0.230. The van der Waals surface area contributed by atoms with Crippen LogP contribution in [0.3, 0.4) is 0 Å². The van der Waals surface area contributed by atoms with Crippen LogP contribution in [0.4, 0.5) is 8.78 Å². The van der Waals surface area contributed by atoms with Crippen molar-refractivity contribution in [2.24, 2.45) is 5.92 Å². The number of likely N-dealkylation sites (N-methyl/N-ethyl adjacent to an activating group) is 1. The number of rotatable bonds is 6. The average Bonchev–Trinajstić information content (AvgIpc) is 2.86. The van der Waals surface area contributed by atoms with E-state index in [1.165, 1.54) is 0 Å². The SMILES string of the molecule is CC(C)[C@H]1CN(C)CCN1Cc1ccc(CSC(F)F)o1. The molecule has 1 aliphatic rings. The van der Waals surface area contributed by atoms with Gasteiger partial charge in [-0.3, -0.25) is 4.90 Å². The van der Waals surface area contributed by atoms with E-state index in [0.29, 0.717) is 29.5 Å². The number of furan rings is 1. The second-order valence-corrected chi connectivity index (χ2v) is 6.96. The maximum atomic E-state index is 12.2. The highest BCUT2D eigenvalue weighted by atomic mass is 32.2. The summed E-state index contributed by atoms with van der Waals surface area (Å²) in [5.74, 6) is -0.0349. The van der Waals surface area contributed by atoms with Gasteiger partial charge in [0.2, 0.25) is 0 Å². The van der Waals surface area contributed by atoms with E-state index in [1.54, 1.807) is 0 Å². The van der Waals surface area contributed by atoms with Crippen molar-refractivity contribution in [1.82, 2.24) is 9.80 Å². The van der Waals surface area contributed by atoms with Crippen LogP contribution in [-0.2, 0) is 12.3 Å². The fourth-order valence-electron chi connectivity index (χ4n) is 2.75. The van der Waals surface area contributed by atoms with Crippen LogP contribution in [0.2, 0.25) is 0 Å². The Morgan fingerprint density at radius 3 is 2.67 bits per heavy atom. The molecule has 2 rings (SSSR count). The van der Waals surface area contributed by atoms with Crippen molar-refractivity contribution in [3.63, 3.8) is 0 Å². The van der Waals surface area contributed by atoms with Crippen LogP contribution in [0.5, 0.6) is 0 Å². The number of alkyl halides is 2. The van der Waals surface area contributed by atoms with E-state index in [-0.39, 0.29) is 5.75 Å². The Hall–Kier alpha value is -0.590. The summed E-state index contributed by atoms with van der Waals surface area (Å²) < 4.78 is 30.1. The van der Waals surface area contributed by atoms with Gasteiger partial charge in [-0.15, -0.1) is 0 Å². The topological polar surface area (TPSA) is 19.6 Å². The molecule has 120 valence electrons. The van der Waals surface area contributed by atoms with Gasteiger partial charge in [-0.1, -0.05) is 25.6 Å². The highest BCUT2D eigenvalue weighted by Crippen LogP contribution is 2.23. The minimum atomic E-state index is -2.35. The monoisotopic (exact) mass is 318 g/mol. The van der Waals surface area contributed by atoms with Crippen LogP contribution >= 0.6 is 11.8 Å². The second kappa shape index (κ2) is 7.61. The predicted octanol–water partition coefficient (Wildman–Crippen LogP) is 3.51. The maximum Gasteiger partial charge on any atom is 0.284 e. The smallest absolute Gasteiger partial charge is 0.284 e. The quantitative estimate of drug-likeness (QED) is 0.799.